The number of hydrogen-bond acceptors (Lipinski definition) is 5. The van der Waals surface area contributed by atoms with Crippen molar-refractivity contribution in [1.29, 1.82) is 0 Å². The van der Waals surface area contributed by atoms with Crippen molar-refractivity contribution in [1.82, 2.24) is 5.32 Å². The van der Waals surface area contributed by atoms with E-state index in [9.17, 15) is 19.4 Å². The molecule has 8 nitrogen and oxygen atoms in total. The van der Waals surface area contributed by atoms with Crippen LogP contribution in [0.5, 0.6) is 0 Å². The Bertz CT molecular complexity index is 1150. The first-order valence-electron chi connectivity index (χ1n) is 26.0. The van der Waals surface area contributed by atoms with Gasteiger partial charge in [-0.25, -0.2) is 4.57 Å². The average molecular weight is 894 g/mol. The second-order valence-corrected chi connectivity index (χ2v) is 20.3. The second kappa shape index (κ2) is 44.7. The molecule has 0 bridgehead atoms. The summed E-state index contributed by atoms with van der Waals surface area (Å²) in [5, 5.41) is 13.9. The second-order valence-electron chi connectivity index (χ2n) is 18.9. The summed E-state index contributed by atoms with van der Waals surface area (Å²) in [5.41, 5.74) is 0. The largest absolute Gasteiger partial charge is 0.472 e. The van der Waals surface area contributed by atoms with E-state index in [2.05, 4.69) is 55.6 Å². The van der Waals surface area contributed by atoms with E-state index >= 15 is 0 Å². The molecule has 0 spiro atoms. The van der Waals surface area contributed by atoms with E-state index in [1.807, 2.05) is 27.2 Å². The number of nitrogens with one attached hydrogen (secondary N) is 1. The van der Waals surface area contributed by atoms with Crippen molar-refractivity contribution in [3.63, 3.8) is 0 Å². The topological polar surface area (TPSA) is 105 Å². The molecule has 0 radical (unpaired) electrons. The summed E-state index contributed by atoms with van der Waals surface area (Å²) < 4.78 is 23.6. The molecule has 0 aromatic heterocycles. The minimum Gasteiger partial charge on any atom is -0.387 e. The molecule has 0 fully saturated rings. The van der Waals surface area contributed by atoms with Crippen LogP contribution in [0.25, 0.3) is 0 Å². The van der Waals surface area contributed by atoms with E-state index in [-0.39, 0.29) is 19.1 Å². The molecular formula is C53H102N2O6P+. The van der Waals surface area contributed by atoms with Gasteiger partial charge in [0.15, 0.2) is 0 Å². The zero-order valence-corrected chi connectivity index (χ0v) is 42.3. The van der Waals surface area contributed by atoms with Crippen molar-refractivity contribution < 1.29 is 32.9 Å². The van der Waals surface area contributed by atoms with Crippen LogP contribution >= 0.6 is 7.82 Å². The number of phosphoric ester groups is 1. The van der Waals surface area contributed by atoms with Crippen molar-refractivity contribution >= 4 is 13.7 Å². The molecule has 3 N–H and O–H groups in total. The van der Waals surface area contributed by atoms with Gasteiger partial charge in [-0.15, -0.1) is 0 Å². The molecule has 0 saturated carbocycles. The number of carbonyl (C=O) groups is 1. The highest BCUT2D eigenvalue weighted by Crippen LogP contribution is 2.43. The highest BCUT2D eigenvalue weighted by Gasteiger charge is 2.27. The number of likely N-dealkylation sites (N-methyl/N-ethyl adjacent to an activating group) is 1. The Labute approximate surface area is 384 Å². The summed E-state index contributed by atoms with van der Waals surface area (Å²) in [7, 11) is 1.54. The number of carbonyl (C=O) groups excluding carboxylic acids is 1. The fourth-order valence-electron chi connectivity index (χ4n) is 7.36. The minimum absolute atomic E-state index is 0.0513. The van der Waals surface area contributed by atoms with Gasteiger partial charge in [0, 0.05) is 6.42 Å². The molecular weight excluding hydrogens is 792 g/mol. The number of phosphoric acid groups is 1. The minimum atomic E-state index is -4.36. The van der Waals surface area contributed by atoms with Gasteiger partial charge < -0.3 is 19.8 Å². The Morgan fingerprint density at radius 3 is 1.29 bits per heavy atom. The third kappa shape index (κ3) is 46.5. The Hall–Kier alpha value is -1.54. The van der Waals surface area contributed by atoms with Crippen molar-refractivity contribution in [2.24, 2.45) is 0 Å². The maximum absolute atomic E-state index is 12.9. The Morgan fingerprint density at radius 2 is 0.887 bits per heavy atom. The van der Waals surface area contributed by atoms with Crippen LogP contribution < -0.4 is 5.32 Å². The first-order valence-corrected chi connectivity index (χ1v) is 27.5. The summed E-state index contributed by atoms with van der Waals surface area (Å²) in [5.74, 6) is -0.199. The SMILES string of the molecule is CCCCCCCCCCC/C=C\CCCCCCCC(=O)NC(COP(=O)(O)OCC[N+](C)(C)C)C(O)/C=C/CC/C=C/CC/C=C/CCCCCCCCCCCCCC. The summed E-state index contributed by atoms with van der Waals surface area (Å²) in [6, 6.07) is -0.874. The molecule has 62 heavy (non-hydrogen) atoms. The normalized spacial score (nSPS) is 14.5. The number of amides is 1. The Morgan fingerprint density at radius 1 is 0.532 bits per heavy atom. The lowest BCUT2D eigenvalue weighted by atomic mass is 10.0. The summed E-state index contributed by atoms with van der Waals surface area (Å²) in [6.07, 6.45) is 57.7. The number of unbranched alkanes of at least 4 members (excludes halogenated alkanes) is 28. The lowest BCUT2D eigenvalue weighted by molar-refractivity contribution is -0.870. The molecule has 3 unspecified atom stereocenters. The summed E-state index contributed by atoms with van der Waals surface area (Å²) in [4.78, 5) is 23.2. The molecule has 0 rings (SSSR count). The third-order valence-electron chi connectivity index (χ3n) is 11.5. The van der Waals surface area contributed by atoms with Gasteiger partial charge in [0.25, 0.3) is 0 Å². The fraction of sp³-hybridized carbons (Fsp3) is 0.830. The van der Waals surface area contributed by atoms with Gasteiger partial charge in [-0.05, 0) is 70.6 Å². The smallest absolute Gasteiger partial charge is 0.387 e. The van der Waals surface area contributed by atoms with Crippen molar-refractivity contribution in [3.05, 3.63) is 48.6 Å². The number of allylic oxidation sites excluding steroid dienone is 7. The number of hydrogen-bond donors (Lipinski definition) is 3. The number of aliphatic hydroxyl groups is 1. The highest BCUT2D eigenvalue weighted by molar-refractivity contribution is 7.47. The molecule has 0 aromatic rings. The third-order valence-corrected chi connectivity index (χ3v) is 12.5. The Balaban J connectivity index is 4.40. The van der Waals surface area contributed by atoms with E-state index in [4.69, 9.17) is 9.05 Å². The molecule has 9 heteroatoms. The molecule has 0 aliphatic carbocycles. The van der Waals surface area contributed by atoms with Crippen LogP contribution in [0.4, 0.5) is 0 Å². The fourth-order valence-corrected chi connectivity index (χ4v) is 8.10. The first kappa shape index (κ1) is 60.5. The zero-order valence-electron chi connectivity index (χ0n) is 41.4. The molecule has 3 atom stereocenters. The molecule has 0 saturated heterocycles. The van der Waals surface area contributed by atoms with Crippen LogP contribution in [0.2, 0.25) is 0 Å². The summed E-state index contributed by atoms with van der Waals surface area (Å²) >= 11 is 0. The van der Waals surface area contributed by atoms with Crippen LogP contribution in [0.1, 0.15) is 232 Å². The molecule has 0 aliphatic heterocycles. The van der Waals surface area contributed by atoms with Crippen LogP contribution in [0.3, 0.4) is 0 Å². The molecule has 0 heterocycles. The van der Waals surface area contributed by atoms with E-state index in [0.717, 1.165) is 57.8 Å². The molecule has 0 aromatic carbocycles. The quantitative estimate of drug-likeness (QED) is 0.0243. The highest BCUT2D eigenvalue weighted by atomic mass is 31.2. The first-order chi connectivity index (χ1) is 30.0. The standard InChI is InChI=1S/C53H101N2O6P/c1-6-8-10-12-14-16-18-20-22-24-26-27-28-29-30-32-34-36-38-40-42-44-46-52(56)51(50-61-62(58,59)60-49-48-55(3,4)5)54-53(57)47-45-43-41-39-37-35-33-31-25-23-21-19-17-15-13-11-9-7-2/h29-31,33,36,38,44,46,51-52,56H,6-28,32,34-35,37,39-43,45,47-50H2,1-5H3,(H-,54,57,58,59)/p+1/b30-29+,33-31-,38-36+,46-44+. The van der Waals surface area contributed by atoms with Gasteiger partial charge in [0.05, 0.1) is 39.9 Å². The average Bonchev–Trinajstić information content (AvgIpc) is 3.23. The van der Waals surface area contributed by atoms with E-state index in [0.29, 0.717) is 17.4 Å². The predicted octanol–water partition coefficient (Wildman–Crippen LogP) is 15.2. The van der Waals surface area contributed by atoms with Gasteiger partial charge in [-0.1, -0.05) is 204 Å². The van der Waals surface area contributed by atoms with Crippen molar-refractivity contribution in [2.45, 2.75) is 244 Å². The van der Waals surface area contributed by atoms with E-state index in [1.165, 1.54) is 154 Å². The zero-order chi connectivity index (χ0) is 45.7. The predicted molar refractivity (Wildman–Crippen MR) is 267 cm³/mol. The lowest BCUT2D eigenvalue weighted by Crippen LogP contribution is -2.45. The monoisotopic (exact) mass is 894 g/mol. The molecule has 364 valence electrons. The van der Waals surface area contributed by atoms with Gasteiger partial charge in [0.1, 0.15) is 13.2 Å². The van der Waals surface area contributed by atoms with Crippen LogP contribution in [0, 0.1) is 0 Å². The van der Waals surface area contributed by atoms with Gasteiger partial charge in [-0.2, -0.15) is 0 Å². The molecule has 0 aliphatic rings. The van der Waals surface area contributed by atoms with Gasteiger partial charge in [-0.3, -0.25) is 13.8 Å². The van der Waals surface area contributed by atoms with Crippen LogP contribution in [0.15, 0.2) is 48.6 Å². The maximum atomic E-state index is 12.9. The van der Waals surface area contributed by atoms with Crippen LogP contribution in [-0.4, -0.2) is 73.4 Å². The lowest BCUT2D eigenvalue weighted by Gasteiger charge is -2.25. The number of rotatable bonds is 47. The number of quaternary nitrogens is 1. The molecule has 1 amide bonds. The Kier molecular flexibility index (Phi) is 43.5. The van der Waals surface area contributed by atoms with E-state index in [1.54, 1.807) is 6.08 Å². The van der Waals surface area contributed by atoms with E-state index < -0.39 is 20.0 Å². The maximum Gasteiger partial charge on any atom is 0.472 e. The number of aliphatic hydroxyl groups excluding tert-OH is 1. The summed E-state index contributed by atoms with van der Waals surface area (Å²) in [6.45, 7) is 4.79. The van der Waals surface area contributed by atoms with Crippen molar-refractivity contribution in [3.8, 4) is 0 Å². The number of nitrogens with zero attached hydrogens (tertiary/aromatic N) is 1. The van der Waals surface area contributed by atoms with Gasteiger partial charge in [0.2, 0.25) is 5.91 Å². The van der Waals surface area contributed by atoms with Crippen LogP contribution in [-0.2, 0) is 18.4 Å². The van der Waals surface area contributed by atoms with Gasteiger partial charge >= 0.3 is 7.82 Å². The van der Waals surface area contributed by atoms with Crippen molar-refractivity contribution in [2.75, 3.05) is 40.9 Å².